The molecule has 0 saturated heterocycles. The van der Waals surface area contributed by atoms with E-state index >= 15 is 0 Å². The van der Waals surface area contributed by atoms with E-state index in [9.17, 15) is 0 Å². The molecule has 0 radical (unpaired) electrons. The maximum absolute atomic E-state index is 9.10. The summed E-state index contributed by atoms with van der Waals surface area (Å²) in [5.41, 5.74) is 1.68. The van der Waals surface area contributed by atoms with Gasteiger partial charge in [-0.15, -0.1) is 0 Å². The molecule has 0 aliphatic heterocycles. The van der Waals surface area contributed by atoms with E-state index in [1.807, 2.05) is 6.92 Å². The van der Waals surface area contributed by atoms with Gasteiger partial charge in [0.1, 0.15) is 18.1 Å². The van der Waals surface area contributed by atoms with Gasteiger partial charge in [-0.25, -0.2) is 0 Å². The van der Waals surface area contributed by atoms with Gasteiger partial charge in [0.15, 0.2) is 0 Å². The van der Waals surface area contributed by atoms with Crippen LogP contribution in [0.15, 0.2) is 30.4 Å². The van der Waals surface area contributed by atoms with Gasteiger partial charge in [-0.05, 0) is 24.6 Å². The molecular weight excluding hydrogens is 192 g/mol. The van der Waals surface area contributed by atoms with E-state index in [4.69, 9.17) is 14.6 Å². The van der Waals surface area contributed by atoms with Crippen molar-refractivity contribution in [3.8, 4) is 11.5 Å². The molecule has 1 aromatic rings. The van der Waals surface area contributed by atoms with Gasteiger partial charge in [0.25, 0.3) is 0 Å². The van der Waals surface area contributed by atoms with Crippen molar-refractivity contribution >= 4 is 0 Å². The standard InChI is InChI=1S/C12H16O3/c1-9(2)8-15-12-6-11(14-3)5-4-10(12)7-13/h4-6,13H,1,7-8H2,2-3H3. The van der Waals surface area contributed by atoms with Crippen LogP contribution in [-0.4, -0.2) is 18.8 Å². The Balaban J connectivity index is 2.85. The van der Waals surface area contributed by atoms with Crippen molar-refractivity contribution < 1.29 is 14.6 Å². The van der Waals surface area contributed by atoms with Crippen molar-refractivity contribution in [2.45, 2.75) is 13.5 Å². The number of ether oxygens (including phenoxy) is 2. The molecule has 0 unspecified atom stereocenters. The lowest BCUT2D eigenvalue weighted by molar-refractivity contribution is 0.268. The van der Waals surface area contributed by atoms with Crippen LogP contribution in [-0.2, 0) is 6.61 Å². The topological polar surface area (TPSA) is 38.7 Å². The van der Waals surface area contributed by atoms with Gasteiger partial charge in [0.2, 0.25) is 0 Å². The van der Waals surface area contributed by atoms with Crippen LogP contribution in [0.3, 0.4) is 0 Å². The first kappa shape index (κ1) is 11.6. The molecule has 0 spiro atoms. The second-order valence-electron chi connectivity index (χ2n) is 3.38. The van der Waals surface area contributed by atoms with Gasteiger partial charge in [0, 0.05) is 11.6 Å². The first-order valence-electron chi connectivity index (χ1n) is 4.72. The molecule has 0 bridgehead atoms. The average Bonchev–Trinajstić information content (AvgIpc) is 2.25. The highest BCUT2D eigenvalue weighted by molar-refractivity contribution is 5.40. The van der Waals surface area contributed by atoms with Gasteiger partial charge in [-0.2, -0.15) is 0 Å². The van der Waals surface area contributed by atoms with Crippen molar-refractivity contribution in [2.24, 2.45) is 0 Å². The number of hydrogen-bond acceptors (Lipinski definition) is 3. The summed E-state index contributed by atoms with van der Waals surface area (Å²) in [6, 6.07) is 5.33. The van der Waals surface area contributed by atoms with Gasteiger partial charge in [-0.3, -0.25) is 0 Å². The molecule has 0 amide bonds. The number of aliphatic hydroxyl groups excluding tert-OH is 1. The summed E-state index contributed by atoms with van der Waals surface area (Å²) in [4.78, 5) is 0. The highest BCUT2D eigenvalue weighted by atomic mass is 16.5. The monoisotopic (exact) mass is 208 g/mol. The molecule has 3 heteroatoms. The molecule has 1 N–H and O–H groups in total. The number of rotatable bonds is 5. The Bertz CT molecular complexity index is 345. The smallest absolute Gasteiger partial charge is 0.128 e. The predicted octanol–water partition coefficient (Wildman–Crippen LogP) is 2.14. The number of benzene rings is 1. The molecule has 15 heavy (non-hydrogen) atoms. The second-order valence-corrected chi connectivity index (χ2v) is 3.38. The van der Waals surface area contributed by atoms with E-state index in [0.29, 0.717) is 18.1 Å². The summed E-state index contributed by atoms with van der Waals surface area (Å²) in [6.45, 7) is 6.04. The maximum Gasteiger partial charge on any atom is 0.128 e. The molecule has 0 aromatic heterocycles. The molecule has 1 aromatic carbocycles. The normalized spacial score (nSPS) is 9.80. The molecular formula is C12H16O3. The minimum atomic E-state index is -0.0461. The second kappa shape index (κ2) is 5.41. The maximum atomic E-state index is 9.10. The quantitative estimate of drug-likeness (QED) is 0.753. The summed E-state index contributed by atoms with van der Waals surface area (Å²) >= 11 is 0. The van der Waals surface area contributed by atoms with E-state index in [0.717, 1.165) is 11.1 Å². The van der Waals surface area contributed by atoms with E-state index in [2.05, 4.69) is 6.58 Å². The lowest BCUT2D eigenvalue weighted by atomic mass is 10.2. The van der Waals surface area contributed by atoms with Gasteiger partial charge in [-0.1, -0.05) is 6.58 Å². The van der Waals surface area contributed by atoms with Gasteiger partial charge in [0.05, 0.1) is 13.7 Å². The van der Waals surface area contributed by atoms with Crippen LogP contribution in [0.4, 0.5) is 0 Å². The Morgan fingerprint density at radius 3 is 2.73 bits per heavy atom. The van der Waals surface area contributed by atoms with E-state index in [1.165, 1.54) is 0 Å². The molecule has 3 nitrogen and oxygen atoms in total. The zero-order valence-electron chi connectivity index (χ0n) is 9.12. The zero-order valence-corrected chi connectivity index (χ0v) is 9.12. The first-order valence-corrected chi connectivity index (χ1v) is 4.72. The highest BCUT2D eigenvalue weighted by Gasteiger charge is 2.04. The molecule has 82 valence electrons. The van der Waals surface area contributed by atoms with Crippen LogP contribution in [0.5, 0.6) is 11.5 Å². The summed E-state index contributed by atoms with van der Waals surface area (Å²) in [5.74, 6) is 1.35. The van der Waals surface area contributed by atoms with Crippen LogP contribution < -0.4 is 9.47 Å². The van der Waals surface area contributed by atoms with Crippen LogP contribution in [0.25, 0.3) is 0 Å². The van der Waals surface area contributed by atoms with E-state index < -0.39 is 0 Å². The fourth-order valence-electron chi connectivity index (χ4n) is 1.13. The Kier molecular flexibility index (Phi) is 4.18. The van der Waals surface area contributed by atoms with Crippen molar-refractivity contribution in [2.75, 3.05) is 13.7 Å². The highest BCUT2D eigenvalue weighted by Crippen LogP contribution is 2.25. The van der Waals surface area contributed by atoms with Gasteiger partial charge >= 0.3 is 0 Å². The summed E-state index contributed by atoms with van der Waals surface area (Å²) in [5, 5.41) is 9.10. The summed E-state index contributed by atoms with van der Waals surface area (Å²) in [6.07, 6.45) is 0. The summed E-state index contributed by atoms with van der Waals surface area (Å²) < 4.78 is 10.6. The molecule has 0 fully saturated rings. The molecule has 1 rings (SSSR count). The zero-order chi connectivity index (χ0) is 11.3. The third-order valence-electron chi connectivity index (χ3n) is 1.92. The summed E-state index contributed by atoms with van der Waals surface area (Å²) in [7, 11) is 1.59. The first-order chi connectivity index (χ1) is 7.17. The molecule has 0 saturated carbocycles. The SMILES string of the molecule is C=C(C)COc1cc(OC)ccc1CO. The fourth-order valence-corrected chi connectivity index (χ4v) is 1.13. The van der Waals surface area contributed by atoms with Gasteiger partial charge < -0.3 is 14.6 Å². The predicted molar refractivity (Wildman–Crippen MR) is 59.2 cm³/mol. The van der Waals surface area contributed by atoms with Crippen molar-refractivity contribution in [3.05, 3.63) is 35.9 Å². The average molecular weight is 208 g/mol. The molecule has 0 heterocycles. The van der Waals surface area contributed by atoms with E-state index in [-0.39, 0.29) is 6.61 Å². The number of hydrogen-bond donors (Lipinski definition) is 1. The van der Waals surface area contributed by atoms with Crippen LogP contribution in [0, 0.1) is 0 Å². The molecule has 0 aliphatic rings. The lowest BCUT2D eigenvalue weighted by Gasteiger charge is -2.11. The lowest BCUT2D eigenvalue weighted by Crippen LogP contribution is -2.01. The Labute approximate surface area is 90.0 Å². The van der Waals surface area contributed by atoms with E-state index in [1.54, 1.807) is 25.3 Å². The number of methoxy groups -OCH3 is 1. The van der Waals surface area contributed by atoms with Crippen molar-refractivity contribution in [1.82, 2.24) is 0 Å². The minimum Gasteiger partial charge on any atom is -0.497 e. The Hall–Kier alpha value is -1.48. The number of aliphatic hydroxyl groups is 1. The van der Waals surface area contributed by atoms with Crippen molar-refractivity contribution in [1.29, 1.82) is 0 Å². The van der Waals surface area contributed by atoms with Crippen molar-refractivity contribution in [3.63, 3.8) is 0 Å². The third-order valence-corrected chi connectivity index (χ3v) is 1.92. The third kappa shape index (κ3) is 3.29. The fraction of sp³-hybridized carbons (Fsp3) is 0.333. The Morgan fingerprint density at radius 1 is 1.47 bits per heavy atom. The van der Waals surface area contributed by atoms with Crippen LogP contribution >= 0.6 is 0 Å². The molecule has 0 atom stereocenters. The largest absolute Gasteiger partial charge is 0.497 e. The Morgan fingerprint density at radius 2 is 2.20 bits per heavy atom. The molecule has 0 aliphatic carbocycles. The van der Waals surface area contributed by atoms with Crippen LogP contribution in [0.1, 0.15) is 12.5 Å². The van der Waals surface area contributed by atoms with Crippen LogP contribution in [0.2, 0.25) is 0 Å². The minimum absolute atomic E-state index is 0.0461.